The summed E-state index contributed by atoms with van der Waals surface area (Å²) in [5.41, 5.74) is 0. The summed E-state index contributed by atoms with van der Waals surface area (Å²) in [6, 6.07) is -0.248. The summed E-state index contributed by atoms with van der Waals surface area (Å²) in [4.78, 5) is 23.8. The Morgan fingerprint density at radius 3 is 2.05 bits per heavy atom. The molecule has 0 aromatic heterocycles. The van der Waals surface area contributed by atoms with E-state index in [0.29, 0.717) is 12.8 Å². The van der Waals surface area contributed by atoms with Crippen molar-refractivity contribution in [1.29, 1.82) is 0 Å². The van der Waals surface area contributed by atoms with Gasteiger partial charge >= 0.3 is 0 Å². The summed E-state index contributed by atoms with van der Waals surface area (Å²) in [5, 5.41) is 2.92. The Morgan fingerprint density at radius 1 is 0.842 bits per heavy atom. The van der Waals surface area contributed by atoms with E-state index in [4.69, 9.17) is 0 Å². The van der Waals surface area contributed by atoms with Gasteiger partial charge in [-0.1, -0.05) is 52.9 Å². The molecule has 112 valence electrons. The molecule has 1 N–H and O–H groups in total. The molecule has 0 aliphatic rings. The zero-order valence-corrected chi connectivity index (χ0v) is 13.0. The van der Waals surface area contributed by atoms with E-state index >= 15 is 0 Å². The van der Waals surface area contributed by atoms with Crippen LogP contribution in [0.1, 0.15) is 85.0 Å². The smallest absolute Gasteiger partial charge is 0.220 e. The minimum Gasteiger partial charge on any atom is -0.346 e. The molecular formula is C16H31NO2. The van der Waals surface area contributed by atoms with Crippen LogP contribution in [0.5, 0.6) is 0 Å². The van der Waals surface area contributed by atoms with Crippen LogP contribution < -0.4 is 5.32 Å². The normalized spacial score (nSPS) is 12.2. The zero-order valence-electron chi connectivity index (χ0n) is 13.0. The number of nitrogens with one attached hydrogen (secondary N) is 1. The van der Waals surface area contributed by atoms with Gasteiger partial charge in [0.15, 0.2) is 5.78 Å². The highest BCUT2D eigenvalue weighted by Crippen LogP contribution is 2.09. The highest BCUT2D eigenvalue weighted by molar-refractivity contribution is 5.88. The SMILES string of the molecule is CCCCCC(=O)[C@H](CCCCC)NC(=O)CCC. The second-order valence-electron chi connectivity index (χ2n) is 5.29. The Hall–Kier alpha value is -0.860. The van der Waals surface area contributed by atoms with Crippen molar-refractivity contribution >= 4 is 11.7 Å². The van der Waals surface area contributed by atoms with Crippen LogP contribution in [-0.4, -0.2) is 17.7 Å². The summed E-state index contributed by atoms with van der Waals surface area (Å²) >= 11 is 0. The van der Waals surface area contributed by atoms with E-state index in [9.17, 15) is 9.59 Å². The molecule has 0 radical (unpaired) electrons. The van der Waals surface area contributed by atoms with Gasteiger partial charge < -0.3 is 5.32 Å². The van der Waals surface area contributed by atoms with Crippen LogP contribution in [0.2, 0.25) is 0 Å². The van der Waals surface area contributed by atoms with E-state index in [-0.39, 0.29) is 17.7 Å². The first-order valence-corrected chi connectivity index (χ1v) is 7.97. The average molecular weight is 269 g/mol. The summed E-state index contributed by atoms with van der Waals surface area (Å²) in [6.07, 6.45) is 9.21. The van der Waals surface area contributed by atoms with Crippen molar-refractivity contribution in [2.45, 2.75) is 91.0 Å². The fraction of sp³-hybridized carbons (Fsp3) is 0.875. The van der Waals surface area contributed by atoms with Crippen LogP contribution in [0.4, 0.5) is 0 Å². The van der Waals surface area contributed by atoms with Crippen LogP contribution >= 0.6 is 0 Å². The summed E-state index contributed by atoms with van der Waals surface area (Å²) < 4.78 is 0. The average Bonchev–Trinajstić information content (AvgIpc) is 2.38. The number of carbonyl (C=O) groups excluding carboxylic acids is 2. The number of carbonyl (C=O) groups is 2. The number of rotatable bonds is 12. The lowest BCUT2D eigenvalue weighted by Gasteiger charge is -2.17. The fourth-order valence-corrected chi connectivity index (χ4v) is 2.13. The number of amides is 1. The third kappa shape index (κ3) is 9.69. The topological polar surface area (TPSA) is 46.2 Å². The van der Waals surface area contributed by atoms with Gasteiger partial charge in [-0.05, 0) is 19.3 Å². The lowest BCUT2D eigenvalue weighted by Crippen LogP contribution is -2.40. The van der Waals surface area contributed by atoms with Gasteiger partial charge in [0.2, 0.25) is 5.91 Å². The molecular weight excluding hydrogens is 238 g/mol. The minimum atomic E-state index is -0.248. The van der Waals surface area contributed by atoms with Crippen LogP contribution in [-0.2, 0) is 9.59 Å². The maximum Gasteiger partial charge on any atom is 0.220 e. The summed E-state index contributed by atoms with van der Waals surface area (Å²) in [6.45, 7) is 6.26. The van der Waals surface area contributed by atoms with Crippen molar-refractivity contribution < 1.29 is 9.59 Å². The molecule has 0 fully saturated rings. The van der Waals surface area contributed by atoms with Crippen molar-refractivity contribution in [1.82, 2.24) is 5.32 Å². The van der Waals surface area contributed by atoms with Gasteiger partial charge in [-0.3, -0.25) is 9.59 Å². The molecule has 0 heterocycles. The van der Waals surface area contributed by atoms with Gasteiger partial charge in [0.1, 0.15) is 0 Å². The highest BCUT2D eigenvalue weighted by atomic mass is 16.2. The van der Waals surface area contributed by atoms with Crippen molar-refractivity contribution in [3.05, 3.63) is 0 Å². The Morgan fingerprint density at radius 2 is 1.47 bits per heavy atom. The Kier molecular flexibility index (Phi) is 11.6. The second kappa shape index (κ2) is 12.2. The van der Waals surface area contributed by atoms with Gasteiger partial charge in [0.25, 0.3) is 0 Å². The largest absolute Gasteiger partial charge is 0.346 e. The van der Waals surface area contributed by atoms with E-state index in [1.807, 2.05) is 6.92 Å². The quantitative estimate of drug-likeness (QED) is 0.544. The molecule has 19 heavy (non-hydrogen) atoms. The van der Waals surface area contributed by atoms with Gasteiger partial charge in [-0.15, -0.1) is 0 Å². The molecule has 1 amide bonds. The van der Waals surface area contributed by atoms with Gasteiger partial charge in [0.05, 0.1) is 6.04 Å². The molecule has 0 bridgehead atoms. The van der Waals surface area contributed by atoms with E-state index in [2.05, 4.69) is 19.2 Å². The molecule has 0 spiro atoms. The zero-order chi connectivity index (χ0) is 14.5. The monoisotopic (exact) mass is 269 g/mol. The second-order valence-corrected chi connectivity index (χ2v) is 5.29. The third-order valence-electron chi connectivity index (χ3n) is 3.32. The fourth-order valence-electron chi connectivity index (χ4n) is 2.13. The standard InChI is InChI=1S/C16H31NO2/c1-4-7-9-12-14(17-16(19)11-6-3)15(18)13-10-8-5-2/h14H,4-13H2,1-3H3,(H,17,19)/t14-/m0/s1. The number of hydrogen-bond acceptors (Lipinski definition) is 2. The molecule has 1 atom stereocenters. The van der Waals surface area contributed by atoms with Crippen molar-refractivity contribution in [2.75, 3.05) is 0 Å². The van der Waals surface area contributed by atoms with E-state index < -0.39 is 0 Å². The molecule has 0 aromatic carbocycles. The molecule has 0 aromatic rings. The molecule has 0 aliphatic carbocycles. The number of hydrogen-bond donors (Lipinski definition) is 1. The van der Waals surface area contributed by atoms with Crippen LogP contribution in [0.3, 0.4) is 0 Å². The molecule has 3 heteroatoms. The van der Waals surface area contributed by atoms with E-state index in [1.54, 1.807) is 0 Å². The first-order chi connectivity index (χ1) is 9.15. The highest BCUT2D eigenvalue weighted by Gasteiger charge is 2.19. The lowest BCUT2D eigenvalue weighted by atomic mass is 10.00. The molecule has 0 unspecified atom stereocenters. The Labute approximate surface area is 118 Å². The van der Waals surface area contributed by atoms with Crippen LogP contribution in [0, 0.1) is 0 Å². The molecule has 0 saturated heterocycles. The predicted molar refractivity (Wildman–Crippen MR) is 80.1 cm³/mol. The maximum atomic E-state index is 12.1. The first-order valence-electron chi connectivity index (χ1n) is 7.97. The van der Waals surface area contributed by atoms with Crippen LogP contribution in [0.15, 0.2) is 0 Å². The summed E-state index contributed by atoms with van der Waals surface area (Å²) in [7, 11) is 0. The van der Waals surface area contributed by atoms with E-state index in [1.165, 1.54) is 0 Å². The maximum absolute atomic E-state index is 12.1. The lowest BCUT2D eigenvalue weighted by molar-refractivity contribution is -0.128. The minimum absolute atomic E-state index is 0.0211. The van der Waals surface area contributed by atoms with Crippen molar-refractivity contribution in [3.63, 3.8) is 0 Å². The number of Topliss-reactive ketones (excluding diaryl/α,β-unsaturated/α-hetero) is 1. The number of unbranched alkanes of at least 4 members (excludes halogenated alkanes) is 4. The Balaban J connectivity index is 4.21. The Bertz CT molecular complexity index is 251. The molecule has 3 nitrogen and oxygen atoms in total. The first kappa shape index (κ1) is 18.1. The van der Waals surface area contributed by atoms with Crippen LogP contribution in [0.25, 0.3) is 0 Å². The van der Waals surface area contributed by atoms with Gasteiger partial charge in [0, 0.05) is 12.8 Å². The summed E-state index contributed by atoms with van der Waals surface area (Å²) in [5.74, 6) is 0.238. The van der Waals surface area contributed by atoms with Gasteiger partial charge in [-0.25, -0.2) is 0 Å². The van der Waals surface area contributed by atoms with Crippen molar-refractivity contribution in [2.24, 2.45) is 0 Å². The predicted octanol–water partition coefficient (Wildman–Crippen LogP) is 4.00. The number of ketones is 1. The third-order valence-corrected chi connectivity index (χ3v) is 3.32. The molecule has 0 aliphatic heterocycles. The van der Waals surface area contributed by atoms with E-state index in [0.717, 1.165) is 51.4 Å². The molecule has 0 rings (SSSR count). The van der Waals surface area contributed by atoms with Gasteiger partial charge in [-0.2, -0.15) is 0 Å². The molecule has 0 saturated carbocycles. The van der Waals surface area contributed by atoms with Crippen molar-refractivity contribution in [3.8, 4) is 0 Å².